The maximum atomic E-state index is 13.5. The van der Waals surface area contributed by atoms with E-state index in [0.29, 0.717) is 11.1 Å². The summed E-state index contributed by atoms with van der Waals surface area (Å²) in [7, 11) is 0. The van der Waals surface area contributed by atoms with Crippen LogP contribution in [0.1, 0.15) is 44.4 Å². The molecule has 1 unspecified atom stereocenters. The quantitative estimate of drug-likeness (QED) is 0.851. The molecule has 0 heterocycles. The average Bonchev–Trinajstić information content (AvgIpc) is 2.29. The van der Waals surface area contributed by atoms with Gasteiger partial charge in [-0.1, -0.05) is 6.92 Å². The molecule has 0 aliphatic carbocycles. The second kappa shape index (κ2) is 6.01. The standard InChI is InChI=1S/C14H22FNO/c1-5-7-16(6-2)14-8-10(3)13(15)9-12(14)11(4)17/h8-9,11,17H,5-7H2,1-4H3. The van der Waals surface area contributed by atoms with Crippen LogP contribution >= 0.6 is 0 Å². The molecule has 1 aromatic carbocycles. The van der Waals surface area contributed by atoms with Crippen LogP contribution in [0.15, 0.2) is 12.1 Å². The first-order valence-electron chi connectivity index (χ1n) is 6.24. The van der Waals surface area contributed by atoms with E-state index in [-0.39, 0.29) is 5.82 Å². The third kappa shape index (κ3) is 3.19. The molecule has 0 spiro atoms. The van der Waals surface area contributed by atoms with Gasteiger partial charge < -0.3 is 10.0 Å². The molecule has 1 atom stereocenters. The third-order valence-corrected chi connectivity index (χ3v) is 2.97. The highest BCUT2D eigenvalue weighted by Crippen LogP contribution is 2.29. The van der Waals surface area contributed by atoms with E-state index in [1.807, 2.05) is 6.07 Å². The van der Waals surface area contributed by atoms with Gasteiger partial charge in [0.2, 0.25) is 0 Å². The minimum Gasteiger partial charge on any atom is -0.389 e. The molecule has 1 N–H and O–H groups in total. The van der Waals surface area contributed by atoms with Crippen molar-refractivity contribution in [3.05, 3.63) is 29.1 Å². The van der Waals surface area contributed by atoms with Crippen molar-refractivity contribution in [1.29, 1.82) is 0 Å². The predicted molar refractivity (Wildman–Crippen MR) is 69.9 cm³/mol. The smallest absolute Gasteiger partial charge is 0.126 e. The minimum absolute atomic E-state index is 0.253. The van der Waals surface area contributed by atoms with Crippen LogP contribution in [-0.4, -0.2) is 18.2 Å². The summed E-state index contributed by atoms with van der Waals surface area (Å²) < 4.78 is 13.5. The first-order chi connectivity index (χ1) is 8.01. The summed E-state index contributed by atoms with van der Waals surface area (Å²) in [4.78, 5) is 2.18. The number of rotatable bonds is 5. The van der Waals surface area contributed by atoms with Crippen molar-refractivity contribution in [2.24, 2.45) is 0 Å². The van der Waals surface area contributed by atoms with Gasteiger partial charge in [0, 0.05) is 24.3 Å². The molecule has 0 bridgehead atoms. The van der Waals surface area contributed by atoms with Crippen LogP contribution < -0.4 is 4.90 Å². The van der Waals surface area contributed by atoms with Crippen molar-refractivity contribution in [1.82, 2.24) is 0 Å². The minimum atomic E-state index is -0.647. The van der Waals surface area contributed by atoms with Crippen LogP contribution in [0.4, 0.5) is 10.1 Å². The first-order valence-corrected chi connectivity index (χ1v) is 6.24. The Balaban J connectivity index is 3.23. The van der Waals surface area contributed by atoms with E-state index in [1.54, 1.807) is 13.8 Å². The molecule has 17 heavy (non-hydrogen) atoms. The Kier molecular flexibility index (Phi) is 4.94. The van der Waals surface area contributed by atoms with Crippen LogP contribution in [0, 0.1) is 12.7 Å². The number of hydrogen-bond donors (Lipinski definition) is 1. The lowest BCUT2D eigenvalue weighted by Crippen LogP contribution is -2.25. The lowest BCUT2D eigenvalue weighted by atomic mass is 10.0. The highest BCUT2D eigenvalue weighted by molar-refractivity contribution is 5.56. The Bertz CT molecular complexity index is 377. The molecule has 3 heteroatoms. The number of aliphatic hydroxyl groups excluding tert-OH is 1. The molecular formula is C14H22FNO. The summed E-state index contributed by atoms with van der Waals surface area (Å²) >= 11 is 0. The normalized spacial score (nSPS) is 12.6. The van der Waals surface area contributed by atoms with Crippen LogP contribution in [0.2, 0.25) is 0 Å². The Morgan fingerprint density at radius 3 is 2.47 bits per heavy atom. The number of aryl methyl sites for hydroxylation is 1. The number of hydrogen-bond acceptors (Lipinski definition) is 2. The van der Waals surface area contributed by atoms with Gasteiger partial charge in [0.1, 0.15) is 5.82 Å². The first kappa shape index (κ1) is 14.0. The zero-order chi connectivity index (χ0) is 13.0. The third-order valence-electron chi connectivity index (χ3n) is 2.97. The summed E-state index contributed by atoms with van der Waals surface area (Å²) in [6.45, 7) is 9.39. The van der Waals surface area contributed by atoms with Gasteiger partial charge in [-0.25, -0.2) is 4.39 Å². The average molecular weight is 239 g/mol. The Labute approximate surface area is 103 Å². The summed E-state index contributed by atoms with van der Waals surface area (Å²) in [5.74, 6) is -0.253. The molecular weight excluding hydrogens is 217 g/mol. The van der Waals surface area contributed by atoms with E-state index < -0.39 is 6.10 Å². The van der Waals surface area contributed by atoms with Crippen LogP contribution in [0.3, 0.4) is 0 Å². The van der Waals surface area contributed by atoms with Gasteiger partial charge in [0.25, 0.3) is 0 Å². The number of aliphatic hydroxyl groups is 1. The summed E-state index contributed by atoms with van der Waals surface area (Å²) in [5, 5.41) is 9.74. The van der Waals surface area contributed by atoms with Gasteiger partial charge in [0.15, 0.2) is 0 Å². The number of halogens is 1. The molecule has 1 aromatic rings. The lowest BCUT2D eigenvalue weighted by Gasteiger charge is -2.27. The molecule has 0 saturated heterocycles. The van der Waals surface area contributed by atoms with Crippen LogP contribution in [0.25, 0.3) is 0 Å². The number of nitrogens with zero attached hydrogens (tertiary/aromatic N) is 1. The van der Waals surface area contributed by atoms with Crippen molar-refractivity contribution in [3.8, 4) is 0 Å². The molecule has 96 valence electrons. The Morgan fingerprint density at radius 2 is 2.00 bits per heavy atom. The van der Waals surface area contributed by atoms with E-state index in [1.165, 1.54) is 6.07 Å². The van der Waals surface area contributed by atoms with Gasteiger partial charge in [-0.2, -0.15) is 0 Å². The molecule has 1 rings (SSSR count). The van der Waals surface area contributed by atoms with E-state index in [2.05, 4.69) is 18.7 Å². The summed E-state index contributed by atoms with van der Waals surface area (Å²) in [6, 6.07) is 3.28. The zero-order valence-electron chi connectivity index (χ0n) is 11.1. The van der Waals surface area contributed by atoms with Gasteiger partial charge in [0.05, 0.1) is 6.10 Å². The summed E-state index contributed by atoms with van der Waals surface area (Å²) in [6.07, 6.45) is 0.384. The number of benzene rings is 1. The zero-order valence-corrected chi connectivity index (χ0v) is 11.1. The Morgan fingerprint density at radius 1 is 1.35 bits per heavy atom. The van der Waals surface area contributed by atoms with E-state index in [9.17, 15) is 9.50 Å². The van der Waals surface area contributed by atoms with Crippen molar-refractivity contribution in [3.63, 3.8) is 0 Å². The Hall–Kier alpha value is -1.09. The second-order valence-corrected chi connectivity index (χ2v) is 4.42. The molecule has 0 aliphatic heterocycles. The second-order valence-electron chi connectivity index (χ2n) is 4.42. The van der Waals surface area contributed by atoms with E-state index in [0.717, 1.165) is 25.2 Å². The van der Waals surface area contributed by atoms with Gasteiger partial charge in [-0.15, -0.1) is 0 Å². The molecule has 0 radical (unpaired) electrons. The van der Waals surface area contributed by atoms with Gasteiger partial charge in [-0.05, 0) is 44.9 Å². The van der Waals surface area contributed by atoms with E-state index in [4.69, 9.17) is 0 Å². The predicted octanol–water partition coefficient (Wildman–Crippen LogP) is 3.42. The monoisotopic (exact) mass is 239 g/mol. The fourth-order valence-electron chi connectivity index (χ4n) is 2.01. The lowest BCUT2D eigenvalue weighted by molar-refractivity contribution is 0.199. The molecule has 0 saturated carbocycles. The largest absolute Gasteiger partial charge is 0.389 e. The van der Waals surface area contributed by atoms with Crippen LogP contribution in [-0.2, 0) is 0 Å². The van der Waals surface area contributed by atoms with Crippen molar-refractivity contribution >= 4 is 5.69 Å². The molecule has 2 nitrogen and oxygen atoms in total. The maximum absolute atomic E-state index is 13.5. The molecule has 0 aromatic heterocycles. The highest BCUT2D eigenvalue weighted by atomic mass is 19.1. The highest BCUT2D eigenvalue weighted by Gasteiger charge is 2.15. The molecule has 0 fully saturated rings. The maximum Gasteiger partial charge on any atom is 0.126 e. The van der Waals surface area contributed by atoms with Crippen molar-refractivity contribution < 1.29 is 9.50 Å². The number of anilines is 1. The summed E-state index contributed by atoms with van der Waals surface area (Å²) in [5.41, 5.74) is 2.24. The van der Waals surface area contributed by atoms with E-state index >= 15 is 0 Å². The van der Waals surface area contributed by atoms with Crippen molar-refractivity contribution in [2.45, 2.75) is 40.2 Å². The van der Waals surface area contributed by atoms with Gasteiger partial charge >= 0.3 is 0 Å². The van der Waals surface area contributed by atoms with Gasteiger partial charge in [-0.3, -0.25) is 0 Å². The fraction of sp³-hybridized carbons (Fsp3) is 0.571. The molecule has 0 aliphatic rings. The molecule has 0 amide bonds. The SMILES string of the molecule is CCCN(CC)c1cc(C)c(F)cc1C(C)O. The van der Waals surface area contributed by atoms with Crippen molar-refractivity contribution in [2.75, 3.05) is 18.0 Å². The fourth-order valence-corrected chi connectivity index (χ4v) is 2.01. The topological polar surface area (TPSA) is 23.5 Å². The van der Waals surface area contributed by atoms with Crippen LogP contribution in [0.5, 0.6) is 0 Å².